The smallest absolute Gasteiger partial charge is 0.116 e. The molecular formula is C10H15FO. The van der Waals surface area contributed by atoms with Crippen LogP contribution in [-0.2, 0) is 4.74 Å². The van der Waals surface area contributed by atoms with Gasteiger partial charge in [0.25, 0.3) is 0 Å². The van der Waals surface area contributed by atoms with Crippen molar-refractivity contribution < 1.29 is 9.13 Å². The molecule has 0 saturated heterocycles. The molecule has 0 unspecified atom stereocenters. The lowest BCUT2D eigenvalue weighted by Crippen LogP contribution is -1.90. The van der Waals surface area contributed by atoms with Gasteiger partial charge in [0, 0.05) is 0 Å². The molecule has 1 nitrogen and oxygen atoms in total. The van der Waals surface area contributed by atoms with Crippen LogP contribution in [0.2, 0.25) is 0 Å². The van der Waals surface area contributed by atoms with E-state index in [0.717, 1.165) is 6.42 Å². The van der Waals surface area contributed by atoms with Gasteiger partial charge in [-0.1, -0.05) is 13.5 Å². The molecule has 0 saturated carbocycles. The Labute approximate surface area is 73.2 Å². The largest absolute Gasteiger partial charge is 0.494 e. The van der Waals surface area contributed by atoms with Crippen molar-refractivity contribution in [1.82, 2.24) is 0 Å². The molecule has 0 aliphatic heterocycles. The van der Waals surface area contributed by atoms with Crippen LogP contribution in [0, 0.1) is 0 Å². The van der Waals surface area contributed by atoms with Crippen molar-refractivity contribution >= 4 is 0 Å². The third-order valence-electron chi connectivity index (χ3n) is 1.19. The van der Waals surface area contributed by atoms with Gasteiger partial charge >= 0.3 is 0 Å². The standard InChI is InChI=1S/C10H15FO/c1-4-8-12-10(5-2)7-6-9(3)11/h5-7H,3-4,8H2,1-2H3/b7-6-,10-5+. The maximum absolute atomic E-state index is 12.2. The van der Waals surface area contributed by atoms with Crippen molar-refractivity contribution in [2.45, 2.75) is 20.3 Å². The number of hydrogen-bond donors (Lipinski definition) is 0. The molecule has 0 radical (unpaired) electrons. The van der Waals surface area contributed by atoms with E-state index >= 15 is 0 Å². The van der Waals surface area contributed by atoms with E-state index in [1.807, 2.05) is 13.8 Å². The van der Waals surface area contributed by atoms with Crippen LogP contribution in [0.1, 0.15) is 20.3 Å². The van der Waals surface area contributed by atoms with Gasteiger partial charge in [-0.05, 0) is 31.6 Å². The highest BCUT2D eigenvalue weighted by Gasteiger charge is 1.89. The van der Waals surface area contributed by atoms with Crippen molar-refractivity contribution in [2.75, 3.05) is 6.61 Å². The zero-order valence-electron chi connectivity index (χ0n) is 7.64. The Bertz CT molecular complexity index is 192. The summed E-state index contributed by atoms with van der Waals surface area (Å²) < 4.78 is 17.4. The Hall–Kier alpha value is -1.05. The van der Waals surface area contributed by atoms with Crippen molar-refractivity contribution in [1.29, 1.82) is 0 Å². The van der Waals surface area contributed by atoms with E-state index in [0.29, 0.717) is 12.4 Å². The molecule has 0 aliphatic rings. The third-order valence-corrected chi connectivity index (χ3v) is 1.19. The average molecular weight is 170 g/mol. The SMILES string of the molecule is C=C(F)/C=C\C(=C/C)OCCC. The average Bonchev–Trinajstić information content (AvgIpc) is 2.05. The summed E-state index contributed by atoms with van der Waals surface area (Å²) in [6.45, 7) is 7.62. The van der Waals surface area contributed by atoms with Crippen molar-refractivity contribution in [3.05, 3.63) is 36.4 Å². The summed E-state index contributed by atoms with van der Waals surface area (Å²) in [6.07, 6.45) is 5.58. The topological polar surface area (TPSA) is 9.23 Å². The van der Waals surface area contributed by atoms with Gasteiger partial charge in [-0.15, -0.1) is 0 Å². The second-order valence-electron chi connectivity index (χ2n) is 2.32. The molecule has 0 atom stereocenters. The van der Waals surface area contributed by atoms with Crippen LogP contribution in [0.15, 0.2) is 36.4 Å². The Balaban J connectivity index is 3.92. The molecule has 0 heterocycles. The van der Waals surface area contributed by atoms with Crippen LogP contribution in [0.3, 0.4) is 0 Å². The Morgan fingerprint density at radius 1 is 1.50 bits per heavy atom. The highest BCUT2D eigenvalue weighted by Crippen LogP contribution is 2.03. The van der Waals surface area contributed by atoms with Gasteiger partial charge in [0.1, 0.15) is 11.6 Å². The minimum atomic E-state index is -0.463. The molecule has 0 bridgehead atoms. The first-order valence-electron chi connectivity index (χ1n) is 4.02. The molecule has 0 spiro atoms. The predicted octanol–water partition coefficient (Wildman–Crippen LogP) is 3.36. The van der Waals surface area contributed by atoms with Crippen molar-refractivity contribution in [2.24, 2.45) is 0 Å². The number of hydrogen-bond acceptors (Lipinski definition) is 1. The lowest BCUT2D eigenvalue weighted by Gasteiger charge is -2.03. The van der Waals surface area contributed by atoms with E-state index in [4.69, 9.17) is 4.74 Å². The van der Waals surface area contributed by atoms with Gasteiger partial charge < -0.3 is 4.74 Å². The van der Waals surface area contributed by atoms with Crippen LogP contribution in [-0.4, -0.2) is 6.61 Å². The fourth-order valence-electron chi connectivity index (χ4n) is 0.620. The summed E-state index contributed by atoms with van der Waals surface area (Å²) >= 11 is 0. The van der Waals surface area contributed by atoms with Gasteiger partial charge in [-0.2, -0.15) is 0 Å². The van der Waals surface area contributed by atoms with E-state index in [1.54, 1.807) is 12.2 Å². The molecule has 0 aromatic carbocycles. The molecule has 0 aromatic rings. The number of allylic oxidation sites excluding steroid dienone is 4. The summed E-state index contributed by atoms with van der Waals surface area (Å²) in [4.78, 5) is 0. The minimum absolute atomic E-state index is 0.463. The van der Waals surface area contributed by atoms with Gasteiger partial charge in [0.2, 0.25) is 0 Å². The first kappa shape index (κ1) is 11.0. The normalized spacial score (nSPS) is 12.1. The van der Waals surface area contributed by atoms with Crippen LogP contribution in [0.25, 0.3) is 0 Å². The van der Waals surface area contributed by atoms with E-state index < -0.39 is 5.83 Å². The molecule has 12 heavy (non-hydrogen) atoms. The summed E-state index contributed by atoms with van der Waals surface area (Å²) in [5.41, 5.74) is 0. The molecule has 68 valence electrons. The molecular weight excluding hydrogens is 155 g/mol. The molecule has 2 heteroatoms. The van der Waals surface area contributed by atoms with Crippen LogP contribution >= 0.6 is 0 Å². The van der Waals surface area contributed by atoms with Crippen molar-refractivity contribution in [3.8, 4) is 0 Å². The zero-order valence-corrected chi connectivity index (χ0v) is 7.64. The first-order valence-corrected chi connectivity index (χ1v) is 4.02. The van der Waals surface area contributed by atoms with E-state index in [1.165, 1.54) is 6.08 Å². The minimum Gasteiger partial charge on any atom is -0.494 e. The lowest BCUT2D eigenvalue weighted by molar-refractivity contribution is 0.224. The number of halogens is 1. The van der Waals surface area contributed by atoms with Crippen LogP contribution in [0.5, 0.6) is 0 Å². The molecule has 0 aliphatic carbocycles. The first-order chi connectivity index (χ1) is 5.70. The Morgan fingerprint density at radius 2 is 2.17 bits per heavy atom. The summed E-state index contributed by atoms with van der Waals surface area (Å²) in [5, 5.41) is 0. The Kier molecular flexibility index (Phi) is 6.07. The van der Waals surface area contributed by atoms with Gasteiger partial charge in [0.05, 0.1) is 6.61 Å². The quantitative estimate of drug-likeness (QED) is 0.454. The summed E-state index contributed by atoms with van der Waals surface area (Å²) in [7, 11) is 0. The fourth-order valence-corrected chi connectivity index (χ4v) is 0.620. The molecule has 0 N–H and O–H groups in total. The maximum atomic E-state index is 12.2. The maximum Gasteiger partial charge on any atom is 0.116 e. The highest BCUT2D eigenvalue weighted by atomic mass is 19.1. The van der Waals surface area contributed by atoms with Crippen LogP contribution < -0.4 is 0 Å². The van der Waals surface area contributed by atoms with E-state index in [9.17, 15) is 4.39 Å². The summed E-state index contributed by atoms with van der Waals surface area (Å²) in [5.74, 6) is 0.213. The van der Waals surface area contributed by atoms with Crippen molar-refractivity contribution in [3.63, 3.8) is 0 Å². The Morgan fingerprint density at radius 3 is 2.58 bits per heavy atom. The molecule has 0 aromatic heterocycles. The van der Waals surface area contributed by atoms with Gasteiger partial charge in [-0.3, -0.25) is 0 Å². The molecule has 0 rings (SSSR count). The van der Waals surface area contributed by atoms with E-state index in [2.05, 4.69) is 6.58 Å². The van der Waals surface area contributed by atoms with Crippen LogP contribution in [0.4, 0.5) is 4.39 Å². The number of rotatable bonds is 5. The third kappa shape index (κ3) is 5.71. The summed E-state index contributed by atoms with van der Waals surface area (Å²) in [6, 6.07) is 0. The predicted molar refractivity (Wildman–Crippen MR) is 49.4 cm³/mol. The number of ether oxygens (including phenoxy) is 1. The second-order valence-corrected chi connectivity index (χ2v) is 2.32. The van der Waals surface area contributed by atoms with Gasteiger partial charge in [-0.25, -0.2) is 4.39 Å². The molecule has 0 amide bonds. The van der Waals surface area contributed by atoms with Gasteiger partial charge in [0.15, 0.2) is 0 Å². The molecule has 0 fully saturated rings. The highest BCUT2D eigenvalue weighted by molar-refractivity contribution is 5.18. The monoisotopic (exact) mass is 170 g/mol. The zero-order chi connectivity index (χ0) is 9.40. The lowest BCUT2D eigenvalue weighted by atomic mass is 10.4. The fraction of sp³-hybridized carbons (Fsp3) is 0.400. The second kappa shape index (κ2) is 6.65. The van der Waals surface area contributed by atoms with E-state index in [-0.39, 0.29) is 0 Å².